The summed E-state index contributed by atoms with van der Waals surface area (Å²) in [7, 11) is 0. The topological polar surface area (TPSA) is 75.5 Å². The van der Waals surface area contributed by atoms with Crippen molar-refractivity contribution in [3.8, 4) is 0 Å². The third kappa shape index (κ3) is 4.07. The van der Waals surface area contributed by atoms with Crippen LogP contribution in [0.4, 0.5) is 11.4 Å². The molecule has 0 bridgehead atoms. The van der Waals surface area contributed by atoms with Crippen LogP contribution in [0.3, 0.4) is 0 Å². The highest BCUT2D eigenvalue weighted by Gasteiger charge is 2.26. The van der Waals surface area contributed by atoms with E-state index in [-0.39, 0.29) is 17.6 Å². The summed E-state index contributed by atoms with van der Waals surface area (Å²) in [5.41, 5.74) is 2.19. The number of non-ortho nitro benzene ring substituents is 1. The maximum absolute atomic E-state index is 12.7. The number of nitro benzene ring substituents is 1. The van der Waals surface area contributed by atoms with E-state index in [4.69, 9.17) is 0 Å². The Balaban J connectivity index is 2.16. The zero-order valence-corrected chi connectivity index (χ0v) is 14.1. The minimum absolute atomic E-state index is 0.0190. The number of hydrogen-bond donors (Lipinski definition) is 1. The zero-order valence-electron chi connectivity index (χ0n) is 14.1. The van der Waals surface area contributed by atoms with E-state index in [1.54, 1.807) is 13.8 Å². The number of amides is 1. The largest absolute Gasteiger partial charge is 0.324 e. The molecule has 126 valence electrons. The first-order valence-corrected chi connectivity index (χ1v) is 8.24. The summed E-state index contributed by atoms with van der Waals surface area (Å²) in [6, 6.07) is 2.87. The first kappa shape index (κ1) is 17.4. The summed E-state index contributed by atoms with van der Waals surface area (Å²) in [6.45, 7) is 7.53. The molecule has 1 fully saturated rings. The molecule has 2 rings (SSSR count). The van der Waals surface area contributed by atoms with E-state index < -0.39 is 4.92 Å². The number of likely N-dealkylation sites (tertiary alicyclic amines) is 1. The van der Waals surface area contributed by atoms with Gasteiger partial charge in [-0.3, -0.25) is 19.8 Å². The van der Waals surface area contributed by atoms with E-state index in [9.17, 15) is 14.9 Å². The fraction of sp³-hybridized carbons (Fsp3) is 0.588. The molecular formula is C17H25N3O3. The molecule has 1 heterocycles. The van der Waals surface area contributed by atoms with Gasteiger partial charge in [-0.2, -0.15) is 0 Å². The third-order valence-corrected chi connectivity index (χ3v) is 4.50. The van der Waals surface area contributed by atoms with Crippen LogP contribution in [-0.4, -0.2) is 34.9 Å². The van der Waals surface area contributed by atoms with E-state index in [0.29, 0.717) is 5.69 Å². The van der Waals surface area contributed by atoms with Gasteiger partial charge in [0.15, 0.2) is 0 Å². The molecule has 0 aliphatic carbocycles. The average molecular weight is 319 g/mol. The van der Waals surface area contributed by atoms with Crippen LogP contribution >= 0.6 is 0 Å². The third-order valence-electron chi connectivity index (χ3n) is 4.50. The van der Waals surface area contributed by atoms with Crippen molar-refractivity contribution in [3.05, 3.63) is 33.4 Å². The fourth-order valence-electron chi connectivity index (χ4n) is 3.29. The van der Waals surface area contributed by atoms with Crippen LogP contribution in [0.5, 0.6) is 0 Å². The Hall–Kier alpha value is -1.95. The smallest absolute Gasteiger partial charge is 0.270 e. The second-order valence-corrected chi connectivity index (χ2v) is 6.22. The lowest BCUT2D eigenvalue weighted by molar-refractivity contribution is -0.384. The first-order valence-electron chi connectivity index (χ1n) is 8.24. The van der Waals surface area contributed by atoms with Gasteiger partial charge in [-0.05, 0) is 57.3 Å². The van der Waals surface area contributed by atoms with E-state index in [1.807, 2.05) is 6.92 Å². The summed E-state index contributed by atoms with van der Waals surface area (Å²) in [5, 5.41) is 13.9. The number of nitrogens with one attached hydrogen (secondary N) is 1. The maximum atomic E-state index is 12.7. The molecule has 0 saturated carbocycles. The number of rotatable bonds is 5. The van der Waals surface area contributed by atoms with Crippen molar-refractivity contribution in [2.45, 2.75) is 52.5 Å². The number of benzene rings is 1. The van der Waals surface area contributed by atoms with E-state index in [1.165, 1.54) is 18.6 Å². The SMILES string of the molecule is CCC(C(=O)Nc1c(C)cc([N+](=O)[O-])cc1C)N1CCCCC1. The number of carbonyl (C=O) groups is 1. The number of nitro groups is 1. The van der Waals surface area contributed by atoms with Gasteiger partial charge < -0.3 is 5.32 Å². The van der Waals surface area contributed by atoms with Crippen molar-refractivity contribution < 1.29 is 9.72 Å². The first-order chi connectivity index (χ1) is 10.9. The lowest BCUT2D eigenvalue weighted by Crippen LogP contribution is -2.46. The Bertz CT molecular complexity index is 572. The number of anilines is 1. The standard InChI is InChI=1S/C17H25N3O3/c1-4-15(19-8-6-5-7-9-19)17(21)18-16-12(2)10-14(20(22)23)11-13(16)3/h10-11,15H,4-9H2,1-3H3,(H,18,21). The average Bonchev–Trinajstić information content (AvgIpc) is 2.52. The number of piperidine rings is 1. The zero-order chi connectivity index (χ0) is 17.0. The van der Waals surface area contributed by atoms with Gasteiger partial charge in [0.2, 0.25) is 5.91 Å². The Labute approximate surface area is 137 Å². The summed E-state index contributed by atoms with van der Waals surface area (Å²) in [4.78, 5) is 25.4. The van der Waals surface area contributed by atoms with Gasteiger partial charge in [-0.15, -0.1) is 0 Å². The van der Waals surface area contributed by atoms with Crippen molar-refractivity contribution in [2.24, 2.45) is 0 Å². The molecule has 1 aliphatic rings. The lowest BCUT2D eigenvalue weighted by atomic mass is 10.0. The normalized spacial score (nSPS) is 16.8. The van der Waals surface area contributed by atoms with Gasteiger partial charge in [0.25, 0.3) is 5.69 Å². The Morgan fingerprint density at radius 1 is 1.26 bits per heavy atom. The molecule has 1 saturated heterocycles. The van der Waals surface area contributed by atoms with Crippen LogP contribution in [0.15, 0.2) is 12.1 Å². The highest BCUT2D eigenvalue weighted by atomic mass is 16.6. The molecule has 1 aliphatic heterocycles. The van der Waals surface area contributed by atoms with Gasteiger partial charge in [0, 0.05) is 17.8 Å². The molecule has 1 amide bonds. The number of aryl methyl sites for hydroxylation is 2. The maximum Gasteiger partial charge on any atom is 0.270 e. The molecule has 6 nitrogen and oxygen atoms in total. The molecule has 0 aromatic heterocycles. The molecule has 6 heteroatoms. The highest BCUT2D eigenvalue weighted by molar-refractivity contribution is 5.96. The van der Waals surface area contributed by atoms with Crippen molar-refractivity contribution in [3.63, 3.8) is 0 Å². The van der Waals surface area contributed by atoms with Crippen molar-refractivity contribution >= 4 is 17.3 Å². The summed E-state index contributed by atoms with van der Waals surface area (Å²) >= 11 is 0. The number of nitrogens with zero attached hydrogens (tertiary/aromatic N) is 2. The van der Waals surface area contributed by atoms with Crippen LogP contribution in [-0.2, 0) is 4.79 Å². The molecule has 23 heavy (non-hydrogen) atoms. The van der Waals surface area contributed by atoms with Gasteiger partial charge in [0.1, 0.15) is 0 Å². The lowest BCUT2D eigenvalue weighted by Gasteiger charge is -2.33. The van der Waals surface area contributed by atoms with Gasteiger partial charge in [-0.1, -0.05) is 13.3 Å². The van der Waals surface area contributed by atoms with Crippen molar-refractivity contribution in [2.75, 3.05) is 18.4 Å². The van der Waals surface area contributed by atoms with Crippen LogP contribution in [0.25, 0.3) is 0 Å². The van der Waals surface area contributed by atoms with Crippen molar-refractivity contribution in [1.82, 2.24) is 4.90 Å². The molecule has 1 atom stereocenters. The Morgan fingerprint density at radius 2 is 1.83 bits per heavy atom. The van der Waals surface area contributed by atoms with Gasteiger partial charge in [-0.25, -0.2) is 0 Å². The van der Waals surface area contributed by atoms with Gasteiger partial charge >= 0.3 is 0 Å². The molecule has 0 radical (unpaired) electrons. The molecular weight excluding hydrogens is 294 g/mol. The number of hydrogen-bond acceptors (Lipinski definition) is 4. The van der Waals surface area contributed by atoms with Crippen LogP contribution in [0.2, 0.25) is 0 Å². The number of carbonyl (C=O) groups excluding carboxylic acids is 1. The second kappa shape index (κ2) is 7.55. The summed E-state index contributed by atoms with van der Waals surface area (Å²) in [6.07, 6.45) is 4.27. The Morgan fingerprint density at radius 3 is 2.30 bits per heavy atom. The molecule has 0 spiro atoms. The minimum atomic E-state index is -0.409. The predicted molar refractivity (Wildman–Crippen MR) is 90.7 cm³/mol. The summed E-state index contributed by atoms with van der Waals surface area (Å²) < 4.78 is 0. The van der Waals surface area contributed by atoms with Crippen molar-refractivity contribution in [1.29, 1.82) is 0 Å². The van der Waals surface area contributed by atoms with Crippen LogP contribution in [0, 0.1) is 24.0 Å². The second-order valence-electron chi connectivity index (χ2n) is 6.22. The van der Waals surface area contributed by atoms with Gasteiger partial charge in [0.05, 0.1) is 11.0 Å². The highest BCUT2D eigenvalue weighted by Crippen LogP contribution is 2.27. The molecule has 1 unspecified atom stereocenters. The van der Waals surface area contributed by atoms with Crippen LogP contribution < -0.4 is 5.32 Å². The monoisotopic (exact) mass is 319 g/mol. The minimum Gasteiger partial charge on any atom is -0.324 e. The molecule has 1 N–H and O–H groups in total. The van der Waals surface area contributed by atoms with E-state index >= 15 is 0 Å². The van der Waals surface area contributed by atoms with Crippen LogP contribution in [0.1, 0.15) is 43.7 Å². The molecule has 1 aromatic carbocycles. The fourth-order valence-corrected chi connectivity index (χ4v) is 3.29. The predicted octanol–water partition coefficient (Wildman–Crippen LogP) is 3.41. The Kier molecular flexibility index (Phi) is 5.71. The molecule has 1 aromatic rings. The quantitative estimate of drug-likeness (QED) is 0.666. The van der Waals surface area contributed by atoms with E-state index in [0.717, 1.165) is 43.5 Å². The summed E-state index contributed by atoms with van der Waals surface area (Å²) in [5.74, 6) is -0.0190. The van der Waals surface area contributed by atoms with E-state index in [2.05, 4.69) is 10.2 Å².